The van der Waals surface area contributed by atoms with Crippen LogP contribution in [0.3, 0.4) is 0 Å². The second kappa shape index (κ2) is 16.1. The van der Waals surface area contributed by atoms with E-state index in [1.54, 1.807) is 29.2 Å². The number of nitriles is 1. The molecule has 17 heteroatoms. The minimum atomic E-state index is -1.37. The Hall–Kier alpha value is -4.66. The number of likely N-dealkylation sites (tertiary alicyclic amines) is 1. The van der Waals surface area contributed by atoms with Gasteiger partial charge in [-0.2, -0.15) is 10.4 Å². The van der Waals surface area contributed by atoms with Gasteiger partial charge in [0.05, 0.1) is 44.7 Å². The molecule has 56 heavy (non-hydrogen) atoms. The molecule has 15 nitrogen and oxygen atoms in total. The molecule has 8 rings (SSSR count). The third kappa shape index (κ3) is 8.10. The van der Waals surface area contributed by atoms with E-state index in [1.807, 2.05) is 23.5 Å². The monoisotopic (exact) mass is 799 g/mol. The van der Waals surface area contributed by atoms with E-state index in [1.165, 1.54) is 10.5 Å². The van der Waals surface area contributed by atoms with Crippen LogP contribution in [0.4, 0.5) is 22.2 Å². The van der Waals surface area contributed by atoms with Crippen molar-refractivity contribution in [2.75, 3.05) is 67.5 Å². The molecule has 2 aromatic carbocycles. The number of nitrogens with one attached hydrogen (secondary N) is 2. The van der Waals surface area contributed by atoms with Gasteiger partial charge in [0, 0.05) is 64.2 Å². The Bertz CT molecular complexity index is 2170. The third-order valence-electron chi connectivity index (χ3n) is 11.7. The fourth-order valence-electron chi connectivity index (χ4n) is 8.50. The van der Waals surface area contributed by atoms with Crippen LogP contribution in [0.2, 0.25) is 5.02 Å². The Labute approximate surface area is 333 Å². The summed E-state index contributed by atoms with van der Waals surface area (Å²) >= 11 is 5.91. The highest BCUT2D eigenvalue weighted by molar-refractivity contribution is 7.82. The summed E-state index contributed by atoms with van der Waals surface area (Å²) in [6, 6.07) is 13.8. The number of carbonyl (C=O) groups is 2. The van der Waals surface area contributed by atoms with Gasteiger partial charge in [-0.25, -0.2) is 23.3 Å². The number of urea groups is 1. The number of halogens is 1. The zero-order chi connectivity index (χ0) is 39.0. The fourth-order valence-corrected chi connectivity index (χ4v) is 9.83. The molecule has 4 aliphatic heterocycles. The molecule has 1 unspecified atom stereocenters. The van der Waals surface area contributed by atoms with Crippen LogP contribution in [0.15, 0.2) is 53.7 Å². The summed E-state index contributed by atoms with van der Waals surface area (Å²) in [6.07, 6.45) is 8.04. The SMILES string of the molecule is Cn1nc(N2CCC(=O)NC2=O)c2ccc(C3CCN(CC4(O)CCN(c5cc(S(=O)N6CCC(Nc7ncc(Cl)cn7)CC6)ccc5C#N)CC4)CC3)cc21. The van der Waals surface area contributed by atoms with E-state index in [-0.39, 0.29) is 18.4 Å². The minimum absolute atomic E-state index is 0.170. The average molecular weight is 800 g/mol. The Balaban J connectivity index is 0.839. The quantitative estimate of drug-likeness (QED) is 0.222. The van der Waals surface area contributed by atoms with Gasteiger partial charge in [0.15, 0.2) is 5.82 Å². The van der Waals surface area contributed by atoms with Crippen molar-refractivity contribution >= 4 is 62.9 Å². The smallest absolute Gasteiger partial charge is 0.329 e. The average Bonchev–Trinajstić information content (AvgIpc) is 3.54. The van der Waals surface area contributed by atoms with Crippen LogP contribution in [-0.2, 0) is 22.8 Å². The number of imide groups is 1. The molecule has 1 atom stereocenters. The largest absolute Gasteiger partial charge is 0.388 e. The highest BCUT2D eigenvalue weighted by Crippen LogP contribution is 2.36. The number of amides is 3. The first-order valence-electron chi connectivity index (χ1n) is 19.3. The van der Waals surface area contributed by atoms with Crippen molar-refractivity contribution in [2.24, 2.45) is 7.05 Å². The first-order valence-corrected chi connectivity index (χ1v) is 20.8. The molecule has 0 spiro atoms. The number of benzene rings is 2. The number of anilines is 3. The molecular formula is C39H46ClN11O4S. The van der Waals surface area contributed by atoms with Crippen molar-refractivity contribution in [1.29, 1.82) is 5.26 Å². The van der Waals surface area contributed by atoms with E-state index in [9.17, 15) is 24.2 Å². The van der Waals surface area contributed by atoms with Gasteiger partial charge in [-0.15, -0.1) is 0 Å². The lowest BCUT2D eigenvalue weighted by Gasteiger charge is -2.43. The lowest BCUT2D eigenvalue weighted by Crippen LogP contribution is -2.52. The molecular weight excluding hydrogens is 754 g/mol. The number of aromatic nitrogens is 4. The predicted octanol–water partition coefficient (Wildman–Crippen LogP) is 4.14. The summed E-state index contributed by atoms with van der Waals surface area (Å²) in [7, 11) is 0.501. The number of aliphatic hydroxyl groups is 1. The van der Waals surface area contributed by atoms with E-state index in [0.29, 0.717) is 85.3 Å². The van der Waals surface area contributed by atoms with Crippen LogP contribution in [-0.4, -0.2) is 114 Å². The van der Waals surface area contributed by atoms with Gasteiger partial charge in [-0.05, 0) is 93.4 Å². The maximum Gasteiger partial charge on any atom is 0.329 e. The summed E-state index contributed by atoms with van der Waals surface area (Å²) in [5.41, 5.74) is 2.66. The molecule has 4 aromatic rings. The molecule has 2 aromatic heterocycles. The zero-order valence-corrected chi connectivity index (χ0v) is 32.9. The molecule has 0 saturated carbocycles. The van der Waals surface area contributed by atoms with Crippen LogP contribution in [0.25, 0.3) is 10.9 Å². The topological polar surface area (TPSA) is 176 Å². The van der Waals surface area contributed by atoms with Crippen molar-refractivity contribution < 1.29 is 18.9 Å². The van der Waals surface area contributed by atoms with Gasteiger partial charge >= 0.3 is 6.03 Å². The first-order chi connectivity index (χ1) is 27.1. The maximum absolute atomic E-state index is 13.7. The standard InChI is InChI=1S/C39H46ClN11O4S/c1-47-34-20-27(3-5-32(34)36(46-47)51-17-10-35(52)45-38(51)53)26-6-13-48(14-7-26)25-39(54)11-18-49(19-12-39)33-21-31(4-2-28(33)22-41)56(55)50-15-8-30(9-16-50)44-37-42-23-29(40)24-43-37/h2-5,20-21,23-24,26,30,54H,6-19,25H2,1H3,(H,42,43,44)(H,45,52,53). The normalized spacial score (nSPS) is 20.9. The van der Waals surface area contributed by atoms with Crippen LogP contribution in [0, 0.1) is 11.3 Å². The number of hydrogen-bond donors (Lipinski definition) is 3. The number of β-amino-alcohol motifs (C(OH)–C–C–N with tert-alkyl or cyclic N) is 1. The van der Waals surface area contributed by atoms with Gasteiger partial charge < -0.3 is 20.2 Å². The van der Waals surface area contributed by atoms with E-state index in [2.05, 4.69) is 53.7 Å². The van der Waals surface area contributed by atoms with Crippen molar-refractivity contribution in [3.8, 4) is 6.07 Å². The molecule has 294 valence electrons. The number of carbonyl (C=O) groups excluding carboxylic acids is 2. The second-order valence-corrected chi connectivity index (χ2v) is 17.3. The van der Waals surface area contributed by atoms with Crippen molar-refractivity contribution in [3.63, 3.8) is 0 Å². The Kier molecular flexibility index (Phi) is 11.0. The third-order valence-corrected chi connectivity index (χ3v) is 13.4. The van der Waals surface area contributed by atoms with Crippen LogP contribution in [0.1, 0.15) is 62.0 Å². The highest BCUT2D eigenvalue weighted by Gasteiger charge is 2.36. The summed E-state index contributed by atoms with van der Waals surface area (Å²) in [6.45, 7) is 5.15. The minimum Gasteiger partial charge on any atom is -0.388 e. The lowest BCUT2D eigenvalue weighted by molar-refractivity contribution is -0.120. The van der Waals surface area contributed by atoms with E-state index in [4.69, 9.17) is 11.6 Å². The maximum atomic E-state index is 13.7. The lowest BCUT2D eigenvalue weighted by atomic mass is 9.86. The van der Waals surface area contributed by atoms with Crippen LogP contribution < -0.4 is 20.4 Å². The van der Waals surface area contributed by atoms with Gasteiger partial charge in [-0.1, -0.05) is 17.7 Å². The molecule has 0 radical (unpaired) electrons. The number of aryl methyl sites for hydroxylation is 1. The van der Waals surface area contributed by atoms with Gasteiger partial charge in [0.2, 0.25) is 11.9 Å². The van der Waals surface area contributed by atoms with Gasteiger partial charge in [0.1, 0.15) is 17.1 Å². The molecule has 3 N–H and O–H groups in total. The Morgan fingerprint density at radius 2 is 1.73 bits per heavy atom. The van der Waals surface area contributed by atoms with Crippen molar-refractivity contribution in [2.45, 2.75) is 67.4 Å². The number of piperidine rings is 3. The number of nitrogens with zero attached hydrogens (tertiary/aromatic N) is 9. The zero-order valence-electron chi connectivity index (χ0n) is 31.4. The molecule has 4 aliphatic rings. The second-order valence-electron chi connectivity index (χ2n) is 15.4. The van der Waals surface area contributed by atoms with E-state index >= 15 is 0 Å². The predicted molar refractivity (Wildman–Crippen MR) is 214 cm³/mol. The summed E-state index contributed by atoms with van der Waals surface area (Å²) in [4.78, 5) is 39.3. The summed E-state index contributed by atoms with van der Waals surface area (Å²) in [5, 5.41) is 33.5. The van der Waals surface area contributed by atoms with Crippen LogP contribution in [0.5, 0.6) is 0 Å². The number of fused-ring (bicyclic) bond motifs is 1. The van der Waals surface area contributed by atoms with Gasteiger partial charge in [-0.3, -0.25) is 19.7 Å². The number of rotatable bonds is 9. The van der Waals surface area contributed by atoms with E-state index < -0.39 is 22.6 Å². The van der Waals surface area contributed by atoms with Crippen molar-refractivity contribution in [1.82, 2.24) is 34.3 Å². The Morgan fingerprint density at radius 3 is 2.43 bits per heavy atom. The first kappa shape index (κ1) is 38.2. The molecule has 6 heterocycles. The molecule has 4 saturated heterocycles. The molecule has 3 amide bonds. The Morgan fingerprint density at radius 1 is 1.00 bits per heavy atom. The summed E-state index contributed by atoms with van der Waals surface area (Å²) < 4.78 is 17.5. The summed E-state index contributed by atoms with van der Waals surface area (Å²) in [5.74, 6) is 1.19. The number of hydrogen-bond acceptors (Lipinski definition) is 11. The fraction of sp³-hybridized carbons (Fsp3) is 0.487. The van der Waals surface area contributed by atoms with Gasteiger partial charge in [0.25, 0.3) is 0 Å². The van der Waals surface area contributed by atoms with E-state index in [0.717, 1.165) is 55.4 Å². The highest BCUT2D eigenvalue weighted by atomic mass is 35.5. The van der Waals surface area contributed by atoms with Crippen molar-refractivity contribution in [3.05, 3.63) is 64.9 Å². The molecule has 0 bridgehead atoms. The molecule has 0 aliphatic carbocycles. The van der Waals surface area contributed by atoms with Crippen LogP contribution >= 0.6 is 11.6 Å². The molecule has 4 fully saturated rings.